The molecule has 0 amide bonds. The number of alkyl halides is 1. The lowest BCUT2D eigenvalue weighted by Crippen LogP contribution is -2.13. The molecule has 1 aliphatic heterocycles. The minimum Gasteiger partial charge on any atom is -0.267 e. The van der Waals surface area contributed by atoms with E-state index in [0.29, 0.717) is 5.88 Å². The summed E-state index contributed by atoms with van der Waals surface area (Å²) in [5.74, 6) is 0.438. The molecule has 0 saturated heterocycles. The number of pyridine rings is 1. The molecule has 0 bridgehead atoms. The van der Waals surface area contributed by atoms with E-state index >= 15 is 0 Å². The summed E-state index contributed by atoms with van der Waals surface area (Å²) < 4.78 is 0.953. The molecule has 14 heavy (non-hydrogen) atoms. The fourth-order valence-electron chi connectivity index (χ4n) is 1.14. The molecule has 1 unspecified atom stereocenters. The van der Waals surface area contributed by atoms with Crippen LogP contribution in [0.2, 0.25) is 0 Å². The van der Waals surface area contributed by atoms with Gasteiger partial charge in [0.05, 0.1) is 17.3 Å². The van der Waals surface area contributed by atoms with Crippen LogP contribution in [0.3, 0.4) is 0 Å². The maximum Gasteiger partial charge on any atom is 0.119 e. The number of hydrogen-bond acceptors (Lipinski definition) is 3. The van der Waals surface area contributed by atoms with Crippen LogP contribution in [0.15, 0.2) is 28.9 Å². The van der Waals surface area contributed by atoms with Gasteiger partial charge >= 0.3 is 0 Å². The number of halogens is 2. The quantitative estimate of drug-likeness (QED) is 0.841. The van der Waals surface area contributed by atoms with Gasteiger partial charge in [0.1, 0.15) is 6.10 Å². The Morgan fingerprint density at radius 1 is 1.57 bits per heavy atom. The topological polar surface area (TPSA) is 34.2 Å². The zero-order valence-electron chi connectivity index (χ0n) is 7.21. The van der Waals surface area contributed by atoms with E-state index in [0.717, 1.165) is 15.9 Å². The van der Waals surface area contributed by atoms with Gasteiger partial charge in [-0.1, -0.05) is 0 Å². The maximum absolute atomic E-state index is 5.65. The summed E-state index contributed by atoms with van der Waals surface area (Å²) in [6, 6.07) is 3.84. The highest BCUT2D eigenvalue weighted by molar-refractivity contribution is 9.10. The normalized spacial score (nSPS) is 20.4. The Kier molecular flexibility index (Phi) is 3.05. The van der Waals surface area contributed by atoms with Gasteiger partial charge < -0.3 is 0 Å². The van der Waals surface area contributed by atoms with Crippen molar-refractivity contribution in [2.24, 2.45) is 0 Å². The van der Waals surface area contributed by atoms with Crippen molar-refractivity contribution >= 4 is 33.2 Å². The van der Waals surface area contributed by atoms with Crippen LogP contribution in [0.25, 0.3) is 5.70 Å². The van der Waals surface area contributed by atoms with Gasteiger partial charge in [-0.25, -0.2) is 0 Å². The van der Waals surface area contributed by atoms with Crippen LogP contribution in [0.1, 0.15) is 5.69 Å². The first-order valence-electron chi connectivity index (χ1n) is 4.11. The van der Waals surface area contributed by atoms with Gasteiger partial charge in [-0.05, 0) is 34.1 Å². The predicted molar refractivity (Wildman–Crippen MR) is 58.6 cm³/mol. The highest BCUT2D eigenvalue weighted by atomic mass is 79.9. The molecule has 0 spiro atoms. The molecule has 74 valence electrons. The van der Waals surface area contributed by atoms with Crippen molar-refractivity contribution < 1.29 is 4.84 Å². The van der Waals surface area contributed by atoms with Gasteiger partial charge in [-0.2, -0.15) is 0 Å². The molecule has 1 aliphatic rings. The molecule has 2 heterocycles. The Morgan fingerprint density at radius 3 is 3.00 bits per heavy atom. The van der Waals surface area contributed by atoms with Gasteiger partial charge in [0.15, 0.2) is 0 Å². The van der Waals surface area contributed by atoms with Crippen molar-refractivity contribution in [2.75, 3.05) is 5.88 Å². The molecule has 1 N–H and O–H groups in total. The fourth-order valence-corrected chi connectivity index (χ4v) is 1.53. The number of rotatable bonds is 2. The number of hydrogen-bond donors (Lipinski definition) is 1. The summed E-state index contributed by atoms with van der Waals surface area (Å²) >= 11 is 8.97. The molecule has 0 aliphatic carbocycles. The van der Waals surface area contributed by atoms with Crippen LogP contribution in [-0.4, -0.2) is 17.0 Å². The van der Waals surface area contributed by atoms with E-state index in [1.807, 2.05) is 18.2 Å². The summed E-state index contributed by atoms with van der Waals surface area (Å²) in [6.07, 6.45) is 3.59. The number of hydroxylamine groups is 1. The molecule has 3 nitrogen and oxygen atoms in total. The van der Waals surface area contributed by atoms with Crippen molar-refractivity contribution in [3.05, 3.63) is 34.6 Å². The molecule has 1 atom stereocenters. The average molecular weight is 276 g/mol. The molecule has 1 aromatic rings. The summed E-state index contributed by atoms with van der Waals surface area (Å²) in [5.41, 5.74) is 4.50. The fraction of sp³-hybridized carbons (Fsp3) is 0.222. The second kappa shape index (κ2) is 4.29. The van der Waals surface area contributed by atoms with E-state index in [1.54, 1.807) is 6.20 Å². The summed E-state index contributed by atoms with van der Waals surface area (Å²) in [7, 11) is 0. The molecule has 5 heteroatoms. The van der Waals surface area contributed by atoms with Crippen LogP contribution in [0, 0.1) is 0 Å². The second-order valence-electron chi connectivity index (χ2n) is 2.85. The van der Waals surface area contributed by atoms with Crippen molar-refractivity contribution in [3.8, 4) is 0 Å². The van der Waals surface area contributed by atoms with Gasteiger partial charge in [-0.15, -0.1) is 11.6 Å². The van der Waals surface area contributed by atoms with E-state index < -0.39 is 0 Å². The molecule has 0 aromatic carbocycles. The third kappa shape index (κ3) is 2.08. The average Bonchev–Trinajstić information content (AvgIpc) is 2.67. The van der Waals surface area contributed by atoms with Gasteiger partial charge in [-0.3, -0.25) is 15.3 Å². The Labute approximate surface area is 95.2 Å². The van der Waals surface area contributed by atoms with Crippen molar-refractivity contribution in [2.45, 2.75) is 6.10 Å². The van der Waals surface area contributed by atoms with Crippen LogP contribution in [-0.2, 0) is 4.84 Å². The Morgan fingerprint density at radius 2 is 2.43 bits per heavy atom. The highest BCUT2D eigenvalue weighted by Crippen LogP contribution is 2.18. The minimum absolute atomic E-state index is 0.0721. The smallest absolute Gasteiger partial charge is 0.119 e. The van der Waals surface area contributed by atoms with Crippen LogP contribution >= 0.6 is 27.5 Å². The largest absolute Gasteiger partial charge is 0.267 e. The van der Waals surface area contributed by atoms with Crippen LogP contribution < -0.4 is 5.48 Å². The zero-order valence-corrected chi connectivity index (χ0v) is 9.55. The second-order valence-corrected chi connectivity index (χ2v) is 4.08. The lowest BCUT2D eigenvalue weighted by atomic mass is 10.2. The zero-order chi connectivity index (χ0) is 9.97. The molecule has 1 aromatic heterocycles. The minimum atomic E-state index is -0.0721. The van der Waals surface area contributed by atoms with Crippen molar-refractivity contribution in [1.82, 2.24) is 10.5 Å². The monoisotopic (exact) mass is 274 g/mol. The third-order valence-corrected chi connectivity index (χ3v) is 2.60. The van der Waals surface area contributed by atoms with Gasteiger partial charge in [0.2, 0.25) is 0 Å². The molecule has 0 radical (unpaired) electrons. The summed E-state index contributed by atoms with van der Waals surface area (Å²) in [4.78, 5) is 9.40. The van der Waals surface area contributed by atoms with Crippen LogP contribution in [0.5, 0.6) is 0 Å². The van der Waals surface area contributed by atoms with E-state index in [9.17, 15) is 0 Å². The first-order chi connectivity index (χ1) is 6.79. The lowest BCUT2D eigenvalue weighted by molar-refractivity contribution is 0.0643. The predicted octanol–water partition coefficient (Wildman–Crippen LogP) is 2.33. The molecular weight excluding hydrogens is 267 g/mol. The highest BCUT2D eigenvalue weighted by Gasteiger charge is 2.16. The lowest BCUT2D eigenvalue weighted by Gasteiger charge is -2.02. The van der Waals surface area contributed by atoms with Crippen molar-refractivity contribution in [3.63, 3.8) is 0 Å². The van der Waals surface area contributed by atoms with Crippen LogP contribution in [0.4, 0.5) is 0 Å². The number of nitrogens with one attached hydrogen (secondary N) is 1. The van der Waals surface area contributed by atoms with Crippen molar-refractivity contribution in [1.29, 1.82) is 0 Å². The van der Waals surface area contributed by atoms with Gasteiger partial charge in [0, 0.05) is 10.7 Å². The van der Waals surface area contributed by atoms with Gasteiger partial charge in [0.25, 0.3) is 0 Å². The number of nitrogens with zero attached hydrogens (tertiary/aromatic N) is 1. The molecule has 0 saturated carbocycles. The maximum atomic E-state index is 5.65. The Hall–Kier alpha value is -0.580. The molecule has 2 rings (SSSR count). The van der Waals surface area contributed by atoms with E-state index in [-0.39, 0.29) is 6.10 Å². The molecular formula is C9H8BrClN2O. The Balaban J connectivity index is 2.20. The standard InChI is InChI=1S/C9H8BrClN2O/c10-6-1-2-8(12-5-6)9-3-7(4-11)14-13-9/h1-3,5,7,13H,4H2. The summed E-state index contributed by atoms with van der Waals surface area (Å²) in [6.45, 7) is 0. The molecule has 0 fully saturated rings. The number of aromatic nitrogens is 1. The third-order valence-electron chi connectivity index (χ3n) is 1.83. The Bertz CT molecular complexity index is 352. The first kappa shape index (κ1) is 9.96. The first-order valence-corrected chi connectivity index (χ1v) is 5.44. The summed E-state index contributed by atoms with van der Waals surface area (Å²) in [5, 5.41) is 0. The van der Waals surface area contributed by atoms with E-state index in [2.05, 4.69) is 26.4 Å². The van der Waals surface area contributed by atoms with E-state index in [4.69, 9.17) is 16.4 Å². The van der Waals surface area contributed by atoms with E-state index in [1.165, 1.54) is 0 Å². The SMILES string of the molecule is ClCC1C=C(c2ccc(Br)cn2)NO1.